The molecule has 1 unspecified atom stereocenters. The molecule has 0 saturated heterocycles. The van der Waals surface area contributed by atoms with Crippen molar-refractivity contribution in [1.29, 1.82) is 0 Å². The number of imidazole rings is 1. The van der Waals surface area contributed by atoms with E-state index in [1.165, 1.54) is 12.1 Å². The summed E-state index contributed by atoms with van der Waals surface area (Å²) in [5, 5.41) is 10.6. The summed E-state index contributed by atoms with van der Waals surface area (Å²) >= 11 is 0. The summed E-state index contributed by atoms with van der Waals surface area (Å²) in [5.41, 5.74) is 8.19. The van der Waals surface area contributed by atoms with Crippen LogP contribution in [0, 0.1) is 16.0 Å². The topological polar surface area (TPSA) is 87.0 Å². The second-order valence-corrected chi connectivity index (χ2v) is 5.14. The van der Waals surface area contributed by atoms with E-state index in [-0.39, 0.29) is 11.7 Å². The summed E-state index contributed by atoms with van der Waals surface area (Å²) in [4.78, 5) is 14.4. The van der Waals surface area contributed by atoms with Gasteiger partial charge >= 0.3 is 0 Å². The minimum Gasteiger partial charge on any atom is -0.329 e. The minimum absolute atomic E-state index is 0.0736. The maximum atomic E-state index is 10.6. The number of rotatable bonds is 5. The Balaban J connectivity index is 2.18. The van der Waals surface area contributed by atoms with Gasteiger partial charge in [-0.15, -0.1) is 0 Å². The van der Waals surface area contributed by atoms with Gasteiger partial charge in [-0.05, 0) is 11.5 Å². The molecule has 1 atom stereocenters. The van der Waals surface area contributed by atoms with Crippen molar-refractivity contribution in [2.24, 2.45) is 11.7 Å². The molecule has 2 N–H and O–H groups in total. The van der Waals surface area contributed by atoms with E-state index in [0.717, 1.165) is 11.3 Å². The van der Waals surface area contributed by atoms with Gasteiger partial charge in [-0.1, -0.05) is 26.0 Å². The number of nitro groups is 1. The van der Waals surface area contributed by atoms with Gasteiger partial charge < -0.3 is 10.3 Å². The molecular formula is C14H18N4O2. The van der Waals surface area contributed by atoms with Crippen LogP contribution >= 0.6 is 0 Å². The Bertz CT molecular complexity index is 589. The predicted octanol–water partition coefficient (Wildman–Crippen LogP) is 2.50. The predicted molar refractivity (Wildman–Crippen MR) is 76.2 cm³/mol. The van der Waals surface area contributed by atoms with Crippen molar-refractivity contribution in [1.82, 2.24) is 9.55 Å². The number of aromatic nitrogens is 2. The Morgan fingerprint density at radius 2 is 2.00 bits per heavy atom. The summed E-state index contributed by atoms with van der Waals surface area (Å²) in [6.07, 6.45) is 3.51. The van der Waals surface area contributed by atoms with E-state index in [2.05, 4.69) is 18.8 Å². The maximum absolute atomic E-state index is 10.6. The lowest BCUT2D eigenvalue weighted by atomic mass is 10.0. The maximum Gasteiger partial charge on any atom is 0.269 e. The summed E-state index contributed by atoms with van der Waals surface area (Å²) in [7, 11) is 0. The quantitative estimate of drug-likeness (QED) is 0.670. The van der Waals surface area contributed by atoms with Crippen LogP contribution in [0.3, 0.4) is 0 Å². The first kappa shape index (κ1) is 14.2. The van der Waals surface area contributed by atoms with Crippen LogP contribution in [0.2, 0.25) is 0 Å². The number of benzene rings is 1. The first-order valence-electron chi connectivity index (χ1n) is 6.48. The van der Waals surface area contributed by atoms with Gasteiger partial charge in [0.15, 0.2) is 0 Å². The van der Waals surface area contributed by atoms with Crippen molar-refractivity contribution in [3.63, 3.8) is 0 Å². The molecule has 0 aliphatic carbocycles. The Labute approximate surface area is 117 Å². The zero-order chi connectivity index (χ0) is 14.7. The van der Waals surface area contributed by atoms with E-state index < -0.39 is 4.92 Å². The van der Waals surface area contributed by atoms with Gasteiger partial charge in [0.1, 0.15) is 0 Å². The first-order valence-corrected chi connectivity index (χ1v) is 6.48. The van der Waals surface area contributed by atoms with Crippen molar-refractivity contribution in [3.05, 3.63) is 58.2 Å². The number of hydrogen-bond donors (Lipinski definition) is 1. The van der Waals surface area contributed by atoms with Gasteiger partial charge in [-0.3, -0.25) is 10.1 Å². The molecule has 0 fully saturated rings. The Hall–Kier alpha value is -2.21. The van der Waals surface area contributed by atoms with Gasteiger partial charge in [0, 0.05) is 30.9 Å². The Morgan fingerprint density at radius 1 is 1.35 bits per heavy atom. The number of hydrogen-bond acceptors (Lipinski definition) is 4. The van der Waals surface area contributed by atoms with Gasteiger partial charge in [0.25, 0.3) is 5.69 Å². The second kappa shape index (κ2) is 5.83. The van der Waals surface area contributed by atoms with Gasteiger partial charge in [-0.2, -0.15) is 0 Å². The molecule has 2 aromatic rings. The summed E-state index contributed by atoms with van der Waals surface area (Å²) in [6.45, 7) is 4.73. The van der Waals surface area contributed by atoms with Crippen LogP contribution < -0.4 is 5.73 Å². The van der Waals surface area contributed by atoms with E-state index in [9.17, 15) is 10.1 Å². The lowest BCUT2D eigenvalue weighted by Crippen LogP contribution is -2.20. The van der Waals surface area contributed by atoms with Crippen LogP contribution in [-0.4, -0.2) is 14.5 Å². The molecule has 2 rings (SSSR count). The normalized spacial score (nSPS) is 12.6. The largest absolute Gasteiger partial charge is 0.329 e. The van der Waals surface area contributed by atoms with Crippen LogP contribution in [0.5, 0.6) is 0 Å². The molecular weight excluding hydrogens is 256 g/mol. The second-order valence-electron chi connectivity index (χ2n) is 5.14. The summed E-state index contributed by atoms with van der Waals surface area (Å²) in [5.74, 6) is 0.322. The monoisotopic (exact) mass is 274 g/mol. The van der Waals surface area contributed by atoms with Crippen LogP contribution in [-0.2, 0) is 6.54 Å². The number of nitro benzene ring substituents is 1. The molecule has 106 valence electrons. The fraction of sp³-hybridized carbons (Fsp3) is 0.357. The third kappa shape index (κ3) is 3.03. The lowest BCUT2D eigenvalue weighted by Gasteiger charge is -2.17. The molecule has 1 aromatic carbocycles. The molecule has 1 aromatic heterocycles. The molecule has 6 heteroatoms. The molecule has 0 spiro atoms. The van der Waals surface area contributed by atoms with Crippen molar-refractivity contribution in [2.75, 3.05) is 0 Å². The standard InChI is InChI=1S/C14H18N4O2/c1-10(2)14(15)13-7-16-9-17(13)8-11-3-5-12(6-4-11)18(19)20/h3-7,9-10,14H,8,15H2,1-2H3. The summed E-state index contributed by atoms with van der Waals surface area (Å²) < 4.78 is 1.98. The molecule has 0 saturated carbocycles. The minimum atomic E-state index is -0.402. The average molecular weight is 274 g/mol. The highest BCUT2D eigenvalue weighted by atomic mass is 16.6. The van der Waals surface area contributed by atoms with Gasteiger partial charge in [0.2, 0.25) is 0 Å². The number of non-ortho nitro benzene ring substituents is 1. The molecule has 6 nitrogen and oxygen atoms in total. The highest BCUT2D eigenvalue weighted by molar-refractivity contribution is 5.33. The third-order valence-electron chi connectivity index (χ3n) is 3.30. The lowest BCUT2D eigenvalue weighted by molar-refractivity contribution is -0.384. The molecule has 0 aliphatic rings. The highest BCUT2D eigenvalue weighted by Crippen LogP contribution is 2.20. The van der Waals surface area contributed by atoms with Gasteiger partial charge in [0.05, 0.1) is 16.9 Å². The third-order valence-corrected chi connectivity index (χ3v) is 3.30. The fourth-order valence-electron chi connectivity index (χ4n) is 2.00. The average Bonchev–Trinajstić information content (AvgIpc) is 2.86. The molecule has 0 radical (unpaired) electrons. The van der Waals surface area contributed by atoms with Crippen molar-refractivity contribution in [3.8, 4) is 0 Å². The highest BCUT2D eigenvalue weighted by Gasteiger charge is 2.15. The van der Waals surface area contributed by atoms with Crippen LogP contribution in [0.4, 0.5) is 5.69 Å². The SMILES string of the molecule is CC(C)C(N)c1cncn1Cc1ccc([N+](=O)[O-])cc1. The van der Waals surface area contributed by atoms with Gasteiger partial charge in [-0.25, -0.2) is 4.98 Å². The zero-order valence-electron chi connectivity index (χ0n) is 11.6. The fourth-order valence-corrected chi connectivity index (χ4v) is 2.00. The Kier molecular flexibility index (Phi) is 4.14. The van der Waals surface area contributed by atoms with Crippen molar-refractivity contribution >= 4 is 5.69 Å². The van der Waals surface area contributed by atoms with E-state index in [0.29, 0.717) is 12.5 Å². The van der Waals surface area contributed by atoms with Crippen LogP contribution in [0.1, 0.15) is 31.1 Å². The van der Waals surface area contributed by atoms with E-state index in [1.54, 1.807) is 24.7 Å². The van der Waals surface area contributed by atoms with Crippen LogP contribution in [0.25, 0.3) is 0 Å². The summed E-state index contributed by atoms with van der Waals surface area (Å²) in [6, 6.07) is 6.45. The number of nitrogens with two attached hydrogens (primary N) is 1. The molecule has 1 heterocycles. The number of nitrogens with zero attached hydrogens (tertiary/aromatic N) is 3. The van der Waals surface area contributed by atoms with Crippen molar-refractivity contribution < 1.29 is 4.92 Å². The first-order chi connectivity index (χ1) is 9.49. The zero-order valence-corrected chi connectivity index (χ0v) is 11.6. The molecule has 0 aliphatic heterocycles. The molecule has 0 bridgehead atoms. The van der Waals surface area contributed by atoms with Crippen LogP contribution in [0.15, 0.2) is 36.8 Å². The smallest absolute Gasteiger partial charge is 0.269 e. The van der Waals surface area contributed by atoms with Crippen molar-refractivity contribution in [2.45, 2.75) is 26.4 Å². The molecule has 20 heavy (non-hydrogen) atoms. The van der Waals surface area contributed by atoms with E-state index >= 15 is 0 Å². The Morgan fingerprint density at radius 3 is 2.55 bits per heavy atom. The van der Waals surface area contributed by atoms with E-state index in [1.807, 2.05) is 4.57 Å². The van der Waals surface area contributed by atoms with E-state index in [4.69, 9.17) is 5.73 Å². The molecule has 0 amide bonds.